The number of fused-ring (bicyclic) bond motifs is 2. The SMILES string of the molecule is C=CCn1c(=N)c(C(=O)Nc2nnc(SCc3ccccc3)s2)cc2c(=O)n3cccc(C)c3nc21. The van der Waals surface area contributed by atoms with Gasteiger partial charge in [0.2, 0.25) is 5.13 Å². The van der Waals surface area contributed by atoms with Crippen LogP contribution in [0.25, 0.3) is 16.7 Å². The molecule has 0 aliphatic carbocycles. The number of thioether (sulfide) groups is 1. The summed E-state index contributed by atoms with van der Waals surface area (Å²) in [4.78, 5) is 31.1. The Balaban J connectivity index is 1.49. The first kappa shape index (κ1) is 23.6. The third kappa shape index (κ3) is 4.45. The number of hydrogen-bond acceptors (Lipinski definition) is 8. The molecule has 9 nitrogen and oxygen atoms in total. The number of pyridine rings is 2. The second-order valence-corrected chi connectivity index (χ2v) is 10.1. The number of allylic oxidation sites excluding steroid dienone is 1. The van der Waals surface area contributed by atoms with Gasteiger partial charge in [-0.2, -0.15) is 0 Å². The Morgan fingerprint density at radius 1 is 1.19 bits per heavy atom. The number of nitrogens with one attached hydrogen (secondary N) is 2. The minimum atomic E-state index is -0.552. The van der Waals surface area contributed by atoms with Crippen LogP contribution >= 0.6 is 23.1 Å². The van der Waals surface area contributed by atoms with E-state index in [9.17, 15) is 9.59 Å². The Bertz CT molecular complexity index is 1740. The zero-order valence-electron chi connectivity index (χ0n) is 19.3. The smallest absolute Gasteiger partial charge is 0.267 e. The zero-order chi connectivity index (χ0) is 25.2. The van der Waals surface area contributed by atoms with E-state index in [0.29, 0.717) is 20.8 Å². The van der Waals surface area contributed by atoms with E-state index in [0.717, 1.165) is 16.9 Å². The van der Waals surface area contributed by atoms with Crippen LogP contribution in [0.4, 0.5) is 5.13 Å². The average Bonchev–Trinajstić information content (AvgIpc) is 3.33. The van der Waals surface area contributed by atoms with Crippen LogP contribution in [0.15, 0.2) is 76.5 Å². The lowest BCUT2D eigenvalue weighted by molar-refractivity contribution is 0.102. The summed E-state index contributed by atoms with van der Waals surface area (Å²) >= 11 is 2.78. The number of anilines is 1. The lowest BCUT2D eigenvalue weighted by atomic mass is 10.2. The number of carbonyl (C=O) groups is 1. The molecule has 0 aliphatic heterocycles. The van der Waals surface area contributed by atoms with Crippen molar-refractivity contribution in [1.82, 2.24) is 24.1 Å². The number of hydrogen-bond donors (Lipinski definition) is 2. The number of carbonyl (C=O) groups excluding carboxylic acids is 1. The summed E-state index contributed by atoms with van der Waals surface area (Å²) in [6.45, 7) is 5.83. The van der Waals surface area contributed by atoms with E-state index in [1.807, 2.05) is 43.3 Å². The van der Waals surface area contributed by atoms with Gasteiger partial charge < -0.3 is 4.57 Å². The van der Waals surface area contributed by atoms with E-state index >= 15 is 0 Å². The molecule has 1 aromatic carbocycles. The molecule has 0 radical (unpaired) electrons. The van der Waals surface area contributed by atoms with Gasteiger partial charge in [0, 0.05) is 18.5 Å². The Morgan fingerprint density at radius 3 is 2.78 bits per heavy atom. The van der Waals surface area contributed by atoms with Crippen molar-refractivity contribution in [2.45, 2.75) is 23.6 Å². The number of nitrogens with zero attached hydrogens (tertiary/aromatic N) is 5. The van der Waals surface area contributed by atoms with E-state index in [1.54, 1.807) is 18.3 Å². The molecule has 4 heterocycles. The van der Waals surface area contributed by atoms with Gasteiger partial charge in [0.15, 0.2) is 4.34 Å². The minimum Gasteiger partial charge on any atom is -0.306 e. The van der Waals surface area contributed by atoms with Crippen LogP contribution in [0.1, 0.15) is 21.5 Å². The maximum atomic E-state index is 13.3. The van der Waals surface area contributed by atoms with Crippen LogP contribution in [-0.4, -0.2) is 30.1 Å². The maximum Gasteiger partial charge on any atom is 0.267 e. The Hall–Kier alpha value is -4.09. The highest BCUT2D eigenvalue weighted by atomic mass is 32.2. The fourth-order valence-electron chi connectivity index (χ4n) is 3.78. The molecule has 0 aliphatic rings. The fourth-order valence-corrected chi connectivity index (χ4v) is 5.48. The Labute approximate surface area is 213 Å². The van der Waals surface area contributed by atoms with Crippen molar-refractivity contribution in [2.24, 2.45) is 0 Å². The second-order valence-electron chi connectivity index (χ2n) is 7.95. The quantitative estimate of drug-likeness (QED) is 0.146. The monoisotopic (exact) mass is 515 g/mol. The van der Waals surface area contributed by atoms with Crippen molar-refractivity contribution in [3.63, 3.8) is 0 Å². The highest BCUT2D eigenvalue weighted by Gasteiger charge is 2.19. The van der Waals surface area contributed by atoms with Crippen LogP contribution in [0.5, 0.6) is 0 Å². The Kier molecular flexibility index (Phi) is 6.49. The van der Waals surface area contributed by atoms with E-state index < -0.39 is 5.91 Å². The summed E-state index contributed by atoms with van der Waals surface area (Å²) in [5, 5.41) is 20.2. The van der Waals surface area contributed by atoms with Gasteiger partial charge in [-0.25, -0.2) is 4.98 Å². The molecule has 5 aromatic rings. The molecule has 1 amide bonds. The number of amides is 1. The predicted octanol–water partition coefficient (Wildman–Crippen LogP) is 4.02. The van der Waals surface area contributed by atoms with Gasteiger partial charge in [-0.1, -0.05) is 65.6 Å². The second kappa shape index (κ2) is 9.88. The molecule has 0 bridgehead atoms. The zero-order valence-corrected chi connectivity index (χ0v) is 20.9. The summed E-state index contributed by atoms with van der Waals surface area (Å²) in [7, 11) is 0. The van der Waals surface area contributed by atoms with Crippen LogP contribution in [-0.2, 0) is 12.3 Å². The van der Waals surface area contributed by atoms with Crippen molar-refractivity contribution < 1.29 is 4.79 Å². The lowest BCUT2D eigenvalue weighted by Gasteiger charge is -2.13. The summed E-state index contributed by atoms with van der Waals surface area (Å²) in [6.07, 6.45) is 3.24. The molecule has 0 saturated heterocycles. The largest absolute Gasteiger partial charge is 0.306 e. The molecule has 11 heteroatoms. The first-order chi connectivity index (χ1) is 17.5. The highest BCUT2D eigenvalue weighted by Crippen LogP contribution is 2.28. The molecular weight excluding hydrogens is 494 g/mol. The molecule has 36 heavy (non-hydrogen) atoms. The van der Waals surface area contributed by atoms with E-state index in [1.165, 1.54) is 38.1 Å². The molecule has 4 aromatic heterocycles. The van der Waals surface area contributed by atoms with Crippen molar-refractivity contribution >= 4 is 50.8 Å². The lowest BCUT2D eigenvalue weighted by Crippen LogP contribution is -2.32. The molecular formula is C25H21N7O2S2. The van der Waals surface area contributed by atoms with E-state index in [4.69, 9.17) is 5.41 Å². The third-order valence-corrected chi connectivity index (χ3v) is 7.57. The standard InChI is InChI=1S/C25H21N7O2S2/c1-3-11-31-19(26)17(13-18-21(31)27-20-15(2)8-7-12-32(20)23(18)34)22(33)28-24-29-30-25(36-24)35-14-16-9-5-4-6-10-16/h3-10,12-13,26H,1,11,14H2,2H3,(H,28,29,33). The molecule has 0 atom stereocenters. The molecule has 2 N–H and O–H groups in total. The van der Waals surface area contributed by atoms with Gasteiger partial charge in [0.25, 0.3) is 11.5 Å². The number of aryl methyl sites for hydroxylation is 1. The molecule has 180 valence electrons. The third-order valence-electron chi connectivity index (χ3n) is 5.52. The maximum absolute atomic E-state index is 13.3. The van der Waals surface area contributed by atoms with Gasteiger partial charge >= 0.3 is 0 Å². The molecule has 0 saturated carbocycles. The number of rotatable bonds is 7. The topological polar surface area (TPSA) is 118 Å². The first-order valence-corrected chi connectivity index (χ1v) is 12.8. The molecule has 5 rings (SSSR count). The van der Waals surface area contributed by atoms with Gasteiger partial charge in [-0.15, -0.1) is 16.8 Å². The molecule has 0 fully saturated rings. The summed E-state index contributed by atoms with van der Waals surface area (Å²) in [6, 6.07) is 15.0. The van der Waals surface area contributed by atoms with Gasteiger partial charge in [-0.05, 0) is 30.2 Å². The predicted molar refractivity (Wildman–Crippen MR) is 142 cm³/mol. The van der Waals surface area contributed by atoms with Crippen molar-refractivity contribution in [1.29, 1.82) is 5.41 Å². The van der Waals surface area contributed by atoms with Crippen molar-refractivity contribution in [2.75, 3.05) is 5.32 Å². The summed E-state index contributed by atoms with van der Waals surface area (Å²) < 4.78 is 3.67. The van der Waals surface area contributed by atoms with E-state index in [-0.39, 0.29) is 28.5 Å². The Morgan fingerprint density at radius 2 is 2.00 bits per heavy atom. The van der Waals surface area contributed by atoms with Gasteiger partial charge in [-0.3, -0.25) is 24.7 Å². The van der Waals surface area contributed by atoms with Gasteiger partial charge in [0.05, 0.1) is 10.9 Å². The van der Waals surface area contributed by atoms with Gasteiger partial charge in [0.1, 0.15) is 16.8 Å². The number of aromatic nitrogens is 5. The van der Waals surface area contributed by atoms with Crippen LogP contribution in [0, 0.1) is 12.3 Å². The fraction of sp³-hybridized carbons (Fsp3) is 0.120. The molecule has 0 unspecified atom stereocenters. The molecule has 0 spiro atoms. The normalized spacial score (nSPS) is 11.1. The minimum absolute atomic E-state index is 0.0320. The van der Waals surface area contributed by atoms with E-state index in [2.05, 4.69) is 27.1 Å². The average molecular weight is 516 g/mol. The number of benzene rings is 1. The van der Waals surface area contributed by atoms with Crippen LogP contribution < -0.4 is 16.4 Å². The van der Waals surface area contributed by atoms with Crippen molar-refractivity contribution in [3.05, 3.63) is 99.9 Å². The van der Waals surface area contributed by atoms with Crippen LogP contribution in [0.2, 0.25) is 0 Å². The summed E-state index contributed by atoms with van der Waals surface area (Å²) in [5.74, 6) is 0.181. The van der Waals surface area contributed by atoms with Crippen LogP contribution in [0.3, 0.4) is 0 Å². The summed E-state index contributed by atoms with van der Waals surface area (Å²) in [5.41, 5.74) is 2.45. The highest BCUT2D eigenvalue weighted by molar-refractivity contribution is 8.00. The van der Waals surface area contributed by atoms with Crippen molar-refractivity contribution in [3.8, 4) is 0 Å². The first-order valence-electron chi connectivity index (χ1n) is 11.0.